The molecule has 2 atom stereocenters. The van der Waals surface area contributed by atoms with Crippen molar-refractivity contribution in [1.82, 2.24) is 34.9 Å². The van der Waals surface area contributed by atoms with Crippen LogP contribution in [0.1, 0.15) is 112 Å². The van der Waals surface area contributed by atoms with Crippen molar-refractivity contribution in [3.05, 3.63) is 251 Å². The Hall–Kier alpha value is -7.76. The molecule has 2 radical (unpaired) electrons. The van der Waals surface area contributed by atoms with E-state index in [0.717, 1.165) is 62.1 Å². The molecule has 0 spiro atoms. The van der Waals surface area contributed by atoms with Crippen LogP contribution in [0.15, 0.2) is 176 Å². The minimum atomic E-state index is -0.375. The van der Waals surface area contributed by atoms with E-state index in [0.29, 0.717) is 24.1 Å². The first-order valence-electron chi connectivity index (χ1n) is 30.5. The summed E-state index contributed by atoms with van der Waals surface area (Å²) < 4.78 is 16.3. The third kappa shape index (κ3) is 15.6. The molecule has 0 saturated carbocycles. The molecule has 0 fully saturated rings. The van der Waals surface area contributed by atoms with E-state index < -0.39 is 0 Å². The molecule has 4 heterocycles. The molecule has 0 saturated heterocycles. The summed E-state index contributed by atoms with van der Waals surface area (Å²) in [6.07, 6.45) is 6.80. The zero-order valence-electron chi connectivity index (χ0n) is 55.3. The minimum Gasteiger partial charge on any atom is -0.486 e. The molecule has 3 aliphatic rings. The molecule has 7 aromatic carbocycles. The first-order valence-corrected chi connectivity index (χ1v) is 30.5. The fourth-order valence-corrected chi connectivity index (χ4v) is 12.2. The number of aromatic nitrogens is 7. The van der Waals surface area contributed by atoms with Crippen LogP contribution >= 0.6 is 0 Å². The van der Waals surface area contributed by atoms with Crippen LogP contribution in [0.3, 0.4) is 0 Å². The van der Waals surface area contributed by atoms with Crippen LogP contribution < -0.4 is 14.2 Å². The Morgan fingerprint density at radius 1 is 0.404 bits per heavy atom. The molecule has 12 nitrogen and oxygen atoms in total. The van der Waals surface area contributed by atoms with Crippen molar-refractivity contribution in [3.63, 3.8) is 0 Å². The number of pyridine rings is 1. The van der Waals surface area contributed by atoms with E-state index in [-0.39, 0.29) is 89.7 Å². The maximum absolute atomic E-state index is 8.56. The molecule has 490 valence electrons. The van der Waals surface area contributed by atoms with Crippen LogP contribution in [0.2, 0.25) is 0 Å². The zero-order chi connectivity index (χ0) is 64.8. The van der Waals surface area contributed by atoms with Gasteiger partial charge < -0.3 is 29.4 Å². The van der Waals surface area contributed by atoms with Gasteiger partial charge in [-0.1, -0.05) is 160 Å². The van der Waals surface area contributed by atoms with Gasteiger partial charge in [0.1, 0.15) is 0 Å². The van der Waals surface area contributed by atoms with Gasteiger partial charge in [-0.2, -0.15) is 0 Å². The first-order chi connectivity index (χ1) is 43.6. The Kier molecular flexibility index (Phi) is 24.8. The number of aliphatic hydroxyl groups is 2. The fourth-order valence-electron chi connectivity index (χ4n) is 12.2. The molecule has 11 aromatic rings. The third-order valence-corrected chi connectivity index (χ3v) is 16.8. The van der Waals surface area contributed by atoms with Gasteiger partial charge in [0.2, 0.25) is 0 Å². The van der Waals surface area contributed by atoms with Gasteiger partial charge in [0.25, 0.3) is 0 Å². The van der Waals surface area contributed by atoms with Crippen molar-refractivity contribution < 1.29 is 85.7 Å². The van der Waals surface area contributed by atoms with Gasteiger partial charge >= 0.3 is 0 Å². The van der Waals surface area contributed by atoms with Gasteiger partial charge in [-0.15, -0.1) is 124 Å². The molecule has 0 bridgehead atoms. The molecular weight excluding hydrogens is 1710 g/mol. The standard InChI is InChI=1S/3C21H19N2O.C11H8N.C5H12O2.2Ir.Pt/c3*1-13-12-22-19(20(23-13)24-4)14-9-10-16-15-7-5-6-8-17(15)21(2,3)18(16)11-14;1-2-6-10(7-3-1)11-8-4-5-9-12-11;1-4(6)3-5(2)7;;;/h3*5-8,10-12H,1-4H3;1-6,8-9H;4-7H,3H2,1-2H3;;;/q4*-1;;;;. The summed E-state index contributed by atoms with van der Waals surface area (Å²) >= 11 is 0. The van der Waals surface area contributed by atoms with E-state index in [2.05, 4.69) is 210 Å². The van der Waals surface area contributed by atoms with Gasteiger partial charge in [-0.25, -0.2) is 15.0 Å². The van der Waals surface area contributed by atoms with Gasteiger partial charge in [0, 0.05) is 103 Å². The fraction of sp³-hybridized carbons (Fsp3) is 0.253. The summed E-state index contributed by atoms with van der Waals surface area (Å²) in [6, 6.07) is 65.4. The first kappa shape index (κ1) is 73.6. The monoisotopic (exact) mass is 1780 g/mol. The van der Waals surface area contributed by atoms with Crippen molar-refractivity contribution in [2.75, 3.05) is 21.3 Å². The van der Waals surface area contributed by atoms with E-state index in [1.54, 1.807) is 60.0 Å². The number of nitrogens with zero attached hydrogens (tertiary/aromatic N) is 7. The molecule has 14 rings (SSSR count). The molecule has 2 N–H and O–H groups in total. The van der Waals surface area contributed by atoms with Gasteiger partial charge in [0.15, 0.2) is 17.6 Å². The van der Waals surface area contributed by atoms with Gasteiger partial charge in [0.05, 0.1) is 50.6 Å². The largest absolute Gasteiger partial charge is 0.486 e. The zero-order valence-corrected chi connectivity index (χ0v) is 62.4. The Morgan fingerprint density at radius 3 is 1.02 bits per heavy atom. The third-order valence-electron chi connectivity index (χ3n) is 16.8. The van der Waals surface area contributed by atoms with Crippen LogP contribution in [-0.4, -0.2) is 78.6 Å². The summed E-state index contributed by atoms with van der Waals surface area (Å²) in [4.78, 5) is 31.1. The normalized spacial score (nSPS) is 13.5. The number of ether oxygens (including phenoxy) is 3. The average Bonchev–Trinajstić information content (AvgIpc) is 1.60. The number of aryl methyl sites for hydroxylation is 3. The summed E-state index contributed by atoms with van der Waals surface area (Å²) in [7, 11) is 4.88. The van der Waals surface area contributed by atoms with Crippen molar-refractivity contribution in [2.24, 2.45) is 0 Å². The quantitative estimate of drug-likeness (QED) is 0.132. The molecular formula is C79H77Ir2N7O5Pt-4. The van der Waals surface area contributed by atoms with E-state index in [1.807, 2.05) is 63.2 Å². The molecule has 2 unspecified atom stereocenters. The van der Waals surface area contributed by atoms with Crippen molar-refractivity contribution in [1.29, 1.82) is 0 Å². The van der Waals surface area contributed by atoms with Gasteiger partial charge in [-0.05, 0) is 85.7 Å². The number of fused-ring (bicyclic) bond motifs is 9. The molecule has 0 amide bonds. The smallest absolute Gasteiger partial charge is 0.194 e. The number of hydrogen-bond acceptors (Lipinski definition) is 12. The number of rotatable bonds is 9. The van der Waals surface area contributed by atoms with Crippen LogP contribution in [0.5, 0.6) is 17.6 Å². The topological polar surface area (TPSA) is 158 Å². The Bertz CT molecular complexity index is 3980. The number of hydrogen-bond donors (Lipinski definition) is 2. The molecule has 4 aromatic heterocycles. The maximum Gasteiger partial charge on any atom is 0.194 e. The second-order valence-corrected chi connectivity index (χ2v) is 24.6. The predicted octanol–water partition coefficient (Wildman–Crippen LogP) is 16.4. The Labute approximate surface area is 595 Å². The Balaban J connectivity index is 0.000000173. The van der Waals surface area contributed by atoms with Crippen molar-refractivity contribution in [3.8, 4) is 96.1 Å². The molecule has 0 aliphatic heterocycles. The predicted molar refractivity (Wildman–Crippen MR) is 362 cm³/mol. The van der Waals surface area contributed by atoms with E-state index in [1.165, 1.54) is 66.8 Å². The minimum absolute atomic E-state index is 0. The number of aliphatic hydroxyl groups excluding tert-OH is 2. The summed E-state index contributed by atoms with van der Waals surface area (Å²) in [5.74, 6) is 1.62. The van der Waals surface area contributed by atoms with Gasteiger partial charge in [-0.3, -0.25) is 15.0 Å². The summed E-state index contributed by atoms with van der Waals surface area (Å²) in [6.45, 7) is 22.6. The van der Waals surface area contributed by atoms with Crippen molar-refractivity contribution in [2.45, 2.75) is 111 Å². The van der Waals surface area contributed by atoms with E-state index in [9.17, 15) is 0 Å². The van der Waals surface area contributed by atoms with Crippen LogP contribution in [-0.2, 0) is 77.5 Å². The maximum atomic E-state index is 8.56. The van der Waals surface area contributed by atoms with Crippen LogP contribution in [0, 0.1) is 45.0 Å². The van der Waals surface area contributed by atoms with Crippen LogP contribution in [0.25, 0.3) is 78.4 Å². The summed E-state index contributed by atoms with van der Waals surface area (Å²) in [5.41, 5.74) is 24.9. The average molecular weight is 1780 g/mol. The SMILES string of the molecule is CC(O)CC(C)O.COc1nc(C)cnc1-c1[c-]cc2c(c1)C(C)(C)c1ccccc1-2.COc1nc(C)cnc1-c1[c-]cc2c(c1)C(C)(C)c1ccccc1-2.COc1nc(C)cnc1-c1[c-]cc2c(c1)C(C)(C)c1ccccc1-2.[Ir].[Ir].[Pt].[c-]1ccccc1-c1ccccn1. The van der Waals surface area contributed by atoms with Crippen molar-refractivity contribution >= 4 is 0 Å². The molecule has 3 aliphatic carbocycles. The van der Waals surface area contributed by atoms with E-state index in [4.69, 9.17) is 24.4 Å². The second-order valence-electron chi connectivity index (χ2n) is 24.6. The molecule has 94 heavy (non-hydrogen) atoms. The number of benzene rings is 7. The number of methoxy groups -OCH3 is 3. The Morgan fingerprint density at radius 2 is 0.734 bits per heavy atom. The summed E-state index contributed by atoms with van der Waals surface area (Å²) in [5, 5.41) is 17.1. The van der Waals surface area contributed by atoms with Crippen LogP contribution in [0.4, 0.5) is 0 Å². The molecule has 15 heteroatoms. The second kappa shape index (κ2) is 31.7. The van der Waals surface area contributed by atoms with E-state index >= 15 is 0 Å².